The highest BCUT2D eigenvalue weighted by Gasteiger charge is 2.14. The smallest absolute Gasteiger partial charge is 0.165 e. The molecule has 0 saturated carbocycles. The van der Waals surface area contributed by atoms with Gasteiger partial charge in [-0.15, -0.1) is 10.2 Å². The zero-order chi connectivity index (χ0) is 12.3. The molecule has 2 N–H and O–H groups in total. The van der Waals surface area contributed by atoms with Crippen LogP contribution in [0.3, 0.4) is 0 Å². The van der Waals surface area contributed by atoms with E-state index in [9.17, 15) is 0 Å². The molecule has 2 aromatic rings. The maximum atomic E-state index is 6.17. The molecule has 0 aliphatic rings. The number of halogens is 1. The average Bonchev–Trinajstić information content (AvgIpc) is 2.73. The van der Waals surface area contributed by atoms with E-state index in [4.69, 9.17) is 17.3 Å². The van der Waals surface area contributed by atoms with Gasteiger partial charge in [0.15, 0.2) is 5.82 Å². The van der Waals surface area contributed by atoms with Gasteiger partial charge >= 0.3 is 0 Å². The second kappa shape index (κ2) is 5.29. The van der Waals surface area contributed by atoms with Crippen molar-refractivity contribution in [2.75, 3.05) is 0 Å². The monoisotopic (exact) mass is 250 g/mol. The molecule has 2 rings (SSSR count). The lowest BCUT2D eigenvalue weighted by atomic mass is 10.2. The van der Waals surface area contributed by atoms with Gasteiger partial charge in [-0.1, -0.05) is 30.7 Å². The van der Waals surface area contributed by atoms with Gasteiger partial charge < -0.3 is 10.3 Å². The van der Waals surface area contributed by atoms with E-state index in [1.807, 2.05) is 28.8 Å². The number of nitrogens with zero attached hydrogens (tertiary/aromatic N) is 3. The van der Waals surface area contributed by atoms with Gasteiger partial charge in [0.2, 0.25) is 0 Å². The van der Waals surface area contributed by atoms with Crippen molar-refractivity contribution in [3.8, 4) is 11.4 Å². The standard InChI is InChI=1S/C12H15ClN4/c1-2-7-17-11(8-14)15-16-12(17)9-5-3-4-6-10(9)13/h3-6H,2,7-8,14H2,1H3. The van der Waals surface area contributed by atoms with Gasteiger partial charge in [0.1, 0.15) is 5.82 Å². The summed E-state index contributed by atoms with van der Waals surface area (Å²) < 4.78 is 2.03. The summed E-state index contributed by atoms with van der Waals surface area (Å²) in [6.07, 6.45) is 1.00. The van der Waals surface area contributed by atoms with E-state index >= 15 is 0 Å². The van der Waals surface area contributed by atoms with E-state index in [1.54, 1.807) is 0 Å². The Kier molecular flexibility index (Phi) is 3.76. The molecule has 90 valence electrons. The highest BCUT2D eigenvalue weighted by Crippen LogP contribution is 2.26. The predicted molar refractivity (Wildman–Crippen MR) is 68.7 cm³/mol. The fourth-order valence-electron chi connectivity index (χ4n) is 1.79. The van der Waals surface area contributed by atoms with E-state index in [0.717, 1.165) is 30.2 Å². The molecule has 17 heavy (non-hydrogen) atoms. The fourth-order valence-corrected chi connectivity index (χ4v) is 2.01. The number of nitrogens with two attached hydrogens (primary N) is 1. The molecule has 0 aliphatic heterocycles. The largest absolute Gasteiger partial charge is 0.324 e. The Hall–Kier alpha value is -1.39. The van der Waals surface area contributed by atoms with Crippen LogP contribution >= 0.6 is 11.6 Å². The minimum atomic E-state index is 0.386. The van der Waals surface area contributed by atoms with Crippen LogP contribution in [0.4, 0.5) is 0 Å². The van der Waals surface area contributed by atoms with E-state index in [1.165, 1.54) is 0 Å². The molecule has 5 heteroatoms. The number of rotatable bonds is 4. The van der Waals surface area contributed by atoms with Crippen molar-refractivity contribution in [2.45, 2.75) is 26.4 Å². The van der Waals surface area contributed by atoms with Crippen molar-refractivity contribution < 1.29 is 0 Å². The molecule has 1 aromatic carbocycles. The van der Waals surface area contributed by atoms with Crippen LogP contribution in [-0.4, -0.2) is 14.8 Å². The number of benzene rings is 1. The Morgan fingerprint density at radius 3 is 2.71 bits per heavy atom. The summed E-state index contributed by atoms with van der Waals surface area (Å²) in [4.78, 5) is 0. The first-order chi connectivity index (χ1) is 8.27. The molecule has 1 heterocycles. The maximum Gasteiger partial charge on any atom is 0.165 e. The van der Waals surface area contributed by atoms with E-state index in [0.29, 0.717) is 11.6 Å². The summed E-state index contributed by atoms with van der Waals surface area (Å²) in [6, 6.07) is 7.63. The molecule has 0 saturated heterocycles. The Morgan fingerprint density at radius 1 is 1.29 bits per heavy atom. The third kappa shape index (κ3) is 2.33. The van der Waals surface area contributed by atoms with Crippen molar-refractivity contribution in [3.63, 3.8) is 0 Å². The zero-order valence-corrected chi connectivity index (χ0v) is 10.5. The molecule has 4 nitrogen and oxygen atoms in total. The first-order valence-electron chi connectivity index (χ1n) is 5.65. The maximum absolute atomic E-state index is 6.17. The van der Waals surface area contributed by atoms with Crippen molar-refractivity contribution in [3.05, 3.63) is 35.1 Å². The van der Waals surface area contributed by atoms with Crippen LogP contribution in [0.1, 0.15) is 19.2 Å². The highest BCUT2D eigenvalue weighted by molar-refractivity contribution is 6.33. The summed E-state index contributed by atoms with van der Waals surface area (Å²) in [5, 5.41) is 8.97. The number of hydrogen-bond donors (Lipinski definition) is 1. The molecule has 0 unspecified atom stereocenters. The molecule has 0 atom stereocenters. The van der Waals surface area contributed by atoms with Crippen molar-refractivity contribution in [2.24, 2.45) is 5.73 Å². The fraction of sp³-hybridized carbons (Fsp3) is 0.333. The van der Waals surface area contributed by atoms with Crippen LogP contribution < -0.4 is 5.73 Å². The average molecular weight is 251 g/mol. The Balaban J connectivity index is 2.52. The van der Waals surface area contributed by atoms with Gasteiger partial charge in [-0.25, -0.2) is 0 Å². The molecule has 0 spiro atoms. The van der Waals surface area contributed by atoms with Crippen LogP contribution in [0.2, 0.25) is 5.02 Å². The van der Waals surface area contributed by atoms with Crippen LogP contribution in [0.25, 0.3) is 11.4 Å². The minimum Gasteiger partial charge on any atom is -0.324 e. The number of hydrogen-bond acceptors (Lipinski definition) is 3. The second-order valence-corrected chi connectivity index (χ2v) is 4.18. The highest BCUT2D eigenvalue weighted by atomic mass is 35.5. The van der Waals surface area contributed by atoms with Gasteiger partial charge in [0, 0.05) is 12.1 Å². The topological polar surface area (TPSA) is 56.7 Å². The third-order valence-corrected chi connectivity index (χ3v) is 2.90. The van der Waals surface area contributed by atoms with Gasteiger partial charge in [-0.2, -0.15) is 0 Å². The molecule has 1 aromatic heterocycles. The second-order valence-electron chi connectivity index (χ2n) is 3.78. The summed E-state index contributed by atoms with van der Waals surface area (Å²) in [7, 11) is 0. The van der Waals surface area contributed by atoms with Gasteiger partial charge in [0.05, 0.1) is 11.6 Å². The van der Waals surface area contributed by atoms with Crippen molar-refractivity contribution >= 4 is 11.6 Å². The minimum absolute atomic E-state index is 0.386. The van der Waals surface area contributed by atoms with Gasteiger partial charge in [0.25, 0.3) is 0 Å². The van der Waals surface area contributed by atoms with Crippen LogP contribution in [0.5, 0.6) is 0 Å². The first kappa shape index (κ1) is 12.1. The third-order valence-electron chi connectivity index (χ3n) is 2.57. The van der Waals surface area contributed by atoms with Crippen molar-refractivity contribution in [1.82, 2.24) is 14.8 Å². The molecular weight excluding hydrogens is 236 g/mol. The molecule has 0 radical (unpaired) electrons. The summed E-state index contributed by atoms with van der Waals surface area (Å²) in [5.74, 6) is 1.58. The molecular formula is C12H15ClN4. The van der Waals surface area contributed by atoms with E-state index < -0.39 is 0 Å². The van der Waals surface area contributed by atoms with Crippen LogP contribution in [-0.2, 0) is 13.1 Å². The van der Waals surface area contributed by atoms with Crippen LogP contribution in [0, 0.1) is 0 Å². The van der Waals surface area contributed by atoms with E-state index in [-0.39, 0.29) is 0 Å². The summed E-state index contributed by atoms with van der Waals surface area (Å²) in [5.41, 5.74) is 6.55. The Bertz CT molecular complexity index is 507. The quantitative estimate of drug-likeness (QED) is 0.907. The zero-order valence-electron chi connectivity index (χ0n) is 9.73. The lowest BCUT2D eigenvalue weighted by molar-refractivity contribution is 0.644. The summed E-state index contributed by atoms with van der Waals surface area (Å²) in [6.45, 7) is 3.34. The molecule has 0 fully saturated rings. The molecule has 0 bridgehead atoms. The normalized spacial score (nSPS) is 10.8. The summed E-state index contributed by atoms with van der Waals surface area (Å²) >= 11 is 6.17. The Morgan fingerprint density at radius 2 is 2.06 bits per heavy atom. The van der Waals surface area contributed by atoms with Gasteiger partial charge in [-0.3, -0.25) is 0 Å². The van der Waals surface area contributed by atoms with E-state index in [2.05, 4.69) is 17.1 Å². The predicted octanol–water partition coefficient (Wildman–Crippen LogP) is 2.47. The first-order valence-corrected chi connectivity index (χ1v) is 6.02. The number of aromatic nitrogens is 3. The lowest BCUT2D eigenvalue weighted by Crippen LogP contribution is -2.09. The molecule has 0 aliphatic carbocycles. The Labute approximate surface area is 105 Å². The SMILES string of the molecule is CCCn1c(CN)nnc1-c1ccccc1Cl. The van der Waals surface area contributed by atoms with Gasteiger partial charge in [-0.05, 0) is 18.6 Å². The molecule has 0 amide bonds. The lowest BCUT2D eigenvalue weighted by Gasteiger charge is -2.08. The van der Waals surface area contributed by atoms with Crippen molar-refractivity contribution in [1.29, 1.82) is 0 Å². The van der Waals surface area contributed by atoms with Crippen LogP contribution in [0.15, 0.2) is 24.3 Å².